The van der Waals surface area contributed by atoms with Crippen LogP contribution in [-0.2, 0) is 16.8 Å². The van der Waals surface area contributed by atoms with E-state index in [1.807, 2.05) is 47.0 Å². The molecule has 6 nitrogen and oxygen atoms in total. The summed E-state index contributed by atoms with van der Waals surface area (Å²) in [6.45, 7) is 6.79. The van der Waals surface area contributed by atoms with Crippen molar-refractivity contribution in [2.75, 3.05) is 5.75 Å². The second kappa shape index (κ2) is 8.48. The predicted octanol–water partition coefficient (Wildman–Crippen LogP) is 3.72. The number of carbonyl (C=O) groups is 1. The van der Waals surface area contributed by atoms with E-state index in [9.17, 15) is 4.79 Å². The van der Waals surface area contributed by atoms with Gasteiger partial charge in [-0.05, 0) is 35.2 Å². The molecule has 0 radical (unpaired) electrons. The molecular weight excluding hydrogens is 372 g/mol. The molecule has 1 aromatic heterocycles. The van der Waals surface area contributed by atoms with E-state index in [1.54, 1.807) is 0 Å². The van der Waals surface area contributed by atoms with Crippen LogP contribution >= 0.6 is 11.8 Å². The molecule has 3 rings (SSSR count). The van der Waals surface area contributed by atoms with Crippen LogP contribution in [-0.4, -0.2) is 26.4 Å². The molecule has 0 spiro atoms. The van der Waals surface area contributed by atoms with Gasteiger partial charge < -0.3 is 10.5 Å². The Labute approximate surface area is 169 Å². The Morgan fingerprint density at radius 3 is 2.36 bits per heavy atom. The number of nitrogens with two attached hydrogens (primary N) is 1. The third-order valence-corrected chi connectivity index (χ3v) is 5.10. The van der Waals surface area contributed by atoms with Crippen molar-refractivity contribution in [2.45, 2.75) is 37.9 Å². The lowest BCUT2D eigenvalue weighted by Crippen LogP contribution is -2.14. The molecule has 28 heavy (non-hydrogen) atoms. The normalized spacial score (nSPS) is 11.4. The number of hydrogen-bond acceptors (Lipinski definition) is 5. The fourth-order valence-electron chi connectivity index (χ4n) is 2.66. The molecule has 0 saturated carbocycles. The van der Waals surface area contributed by atoms with Crippen molar-refractivity contribution in [1.29, 1.82) is 0 Å². The summed E-state index contributed by atoms with van der Waals surface area (Å²) >= 11 is 1.26. The molecule has 1 heterocycles. The Morgan fingerprint density at radius 2 is 1.75 bits per heavy atom. The zero-order valence-electron chi connectivity index (χ0n) is 16.3. The maximum Gasteiger partial charge on any atom is 0.227 e. The van der Waals surface area contributed by atoms with Gasteiger partial charge >= 0.3 is 0 Å². The average molecular weight is 397 g/mol. The topological polar surface area (TPSA) is 83.0 Å². The van der Waals surface area contributed by atoms with Crippen LogP contribution in [0, 0.1) is 0 Å². The molecule has 0 aliphatic carbocycles. The number of aromatic nitrogens is 3. The van der Waals surface area contributed by atoms with E-state index in [0.717, 1.165) is 11.4 Å². The lowest BCUT2D eigenvalue weighted by Gasteiger charge is -2.19. The van der Waals surface area contributed by atoms with Crippen molar-refractivity contribution in [3.63, 3.8) is 0 Å². The van der Waals surface area contributed by atoms with E-state index in [0.29, 0.717) is 11.0 Å². The summed E-state index contributed by atoms with van der Waals surface area (Å²) in [6, 6.07) is 17.8. The van der Waals surface area contributed by atoms with E-state index in [2.05, 4.69) is 43.1 Å². The molecule has 0 aliphatic heterocycles. The smallest absolute Gasteiger partial charge is 0.227 e. The van der Waals surface area contributed by atoms with Crippen LogP contribution < -0.4 is 10.5 Å². The number of ether oxygens (including phenoxy) is 1. The molecule has 0 atom stereocenters. The second-order valence-electron chi connectivity index (χ2n) is 7.39. The lowest BCUT2D eigenvalue weighted by atomic mass is 9.87. The SMILES string of the molecule is CC(C)(C)c1ccc(OCc2nnc(SCC(N)=O)n2-c2ccccc2)cc1. The van der Waals surface area contributed by atoms with E-state index in [-0.39, 0.29) is 17.8 Å². The van der Waals surface area contributed by atoms with Crippen molar-refractivity contribution >= 4 is 17.7 Å². The van der Waals surface area contributed by atoms with Crippen LogP contribution in [0.5, 0.6) is 5.75 Å². The summed E-state index contributed by atoms with van der Waals surface area (Å²) in [5, 5.41) is 9.07. The van der Waals surface area contributed by atoms with Crippen LogP contribution in [0.15, 0.2) is 59.8 Å². The highest BCUT2D eigenvalue weighted by molar-refractivity contribution is 7.99. The van der Waals surface area contributed by atoms with Gasteiger partial charge in [0.05, 0.1) is 5.75 Å². The first-order valence-electron chi connectivity index (χ1n) is 8.99. The van der Waals surface area contributed by atoms with E-state index in [4.69, 9.17) is 10.5 Å². The first-order valence-corrected chi connectivity index (χ1v) is 9.97. The lowest BCUT2D eigenvalue weighted by molar-refractivity contribution is -0.115. The Kier molecular flexibility index (Phi) is 6.04. The Balaban J connectivity index is 1.80. The van der Waals surface area contributed by atoms with E-state index >= 15 is 0 Å². The third kappa shape index (κ3) is 4.92. The molecule has 0 unspecified atom stereocenters. The number of primary amides is 1. The predicted molar refractivity (Wildman–Crippen MR) is 111 cm³/mol. The highest BCUT2D eigenvalue weighted by Crippen LogP contribution is 2.26. The number of nitrogens with zero attached hydrogens (tertiary/aromatic N) is 3. The van der Waals surface area contributed by atoms with Gasteiger partial charge in [0.25, 0.3) is 0 Å². The van der Waals surface area contributed by atoms with Gasteiger partial charge in [-0.15, -0.1) is 10.2 Å². The number of carbonyl (C=O) groups excluding carboxylic acids is 1. The minimum Gasteiger partial charge on any atom is -0.486 e. The molecule has 0 saturated heterocycles. The van der Waals surface area contributed by atoms with Crippen molar-refractivity contribution in [2.24, 2.45) is 5.73 Å². The molecule has 2 aromatic carbocycles. The molecule has 1 amide bonds. The summed E-state index contributed by atoms with van der Waals surface area (Å²) in [6.07, 6.45) is 0. The Morgan fingerprint density at radius 1 is 1.07 bits per heavy atom. The van der Waals surface area contributed by atoms with Crippen molar-refractivity contribution in [1.82, 2.24) is 14.8 Å². The van der Waals surface area contributed by atoms with Gasteiger partial charge in [-0.1, -0.05) is 62.9 Å². The van der Waals surface area contributed by atoms with Gasteiger partial charge in [-0.25, -0.2) is 0 Å². The first-order chi connectivity index (χ1) is 13.3. The van der Waals surface area contributed by atoms with Gasteiger partial charge in [0.15, 0.2) is 11.0 Å². The monoisotopic (exact) mass is 396 g/mol. The largest absolute Gasteiger partial charge is 0.486 e. The molecule has 2 N–H and O–H groups in total. The van der Waals surface area contributed by atoms with Gasteiger partial charge in [0, 0.05) is 5.69 Å². The molecule has 0 bridgehead atoms. The van der Waals surface area contributed by atoms with Crippen LogP contribution in [0.4, 0.5) is 0 Å². The number of benzene rings is 2. The highest BCUT2D eigenvalue weighted by atomic mass is 32.2. The number of thioether (sulfide) groups is 1. The molecule has 3 aromatic rings. The molecule has 7 heteroatoms. The Hall–Kier alpha value is -2.80. The van der Waals surface area contributed by atoms with Gasteiger partial charge in [0.1, 0.15) is 12.4 Å². The summed E-state index contributed by atoms with van der Waals surface area (Å²) in [5.41, 5.74) is 7.52. The van der Waals surface area contributed by atoms with E-state index in [1.165, 1.54) is 17.3 Å². The molecular formula is C21H24N4O2S. The first kappa shape index (κ1) is 19.9. The second-order valence-corrected chi connectivity index (χ2v) is 8.33. The number of rotatable bonds is 7. The minimum absolute atomic E-state index is 0.0958. The maximum absolute atomic E-state index is 11.2. The van der Waals surface area contributed by atoms with Crippen LogP contribution in [0.1, 0.15) is 32.2 Å². The average Bonchev–Trinajstić information content (AvgIpc) is 3.08. The summed E-state index contributed by atoms with van der Waals surface area (Å²) < 4.78 is 7.82. The quantitative estimate of drug-likeness (QED) is 0.616. The zero-order valence-corrected chi connectivity index (χ0v) is 17.1. The fraction of sp³-hybridized carbons (Fsp3) is 0.286. The number of amides is 1. The summed E-state index contributed by atoms with van der Waals surface area (Å²) in [4.78, 5) is 11.2. The van der Waals surface area contributed by atoms with Gasteiger partial charge in [0.2, 0.25) is 5.91 Å². The number of para-hydroxylation sites is 1. The molecule has 146 valence electrons. The standard InChI is InChI=1S/C21H24N4O2S/c1-21(2,3)15-9-11-17(12-10-15)27-13-19-23-24-20(28-14-18(22)26)25(19)16-7-5-4-6-8-16/h4-12H,13-14H2,1-3H3,(H2,22,26). The van der Waals surface area contributed by atoms with Crippen LogP contribution in [0.2, 0.25) is 0 Å². The van der Waals surface area contributed by atoms with Gasteiger partial charge in [-0.2, -0.15) is 0 Å². The van der Waals surface area contributed by atoms with Crippen molar-refractivity contribution in [3.8, 4) is 11.4 Å². The fourth-order valence-corrected chi connectivity index (χ4v) is 3.37. The zero-order chi connectivity index (χ0) is 20.1. The van der Waals surface area contributed by atoms with E-state index < -0.39 is 5.91 Å². The highest BCUT2D eigenvalue weighted by Gasteiger charge is 2.16. The summed E-state index contributed by atoms with van der Waals surface area (Å²) in [7, 11) is 0. The minimum atomic E-state index is -0.399. The van der Waals surface area contributed by atoms with Gasteiger partial charge in [-0.3, -0.25) is 9.36 Å². The third-order valence-electron chi connectivity index (χ3n) is 4.15. The Bertz CT molecular complexity index is 931. The molecule has 0 aliphatic rings. The number of hydrogen-bond donors (Lipinski definition) is 1. The van der Waals surface area contributed by atoms with Crippen molar-refractivity contribution in [3.05, 3.63) is 66.0 Å². The summed E-state index contributed by atoms with van der Waals surface area (Å²) in [5.74, 6) is 1.16. The maximum atomic E-state index is 11.2. The van der Waals surface area contributed by atoms with Crippen LogP contribution in [0.3, 0.4) is 0 Å². The van der Waals surface area contributed by atoms with Crippen molar-refractivity contribution < 1.29 is 9.53 Å². The van der Waals surface area contributed by atoms with Crippen LogP contribution in [0.25, 0.3) is 5.69 Å². The molecule has 0 fully saturated rings.